The van der Waals surface area contributed by atoms with E-state index in [0.717, 1.165) is 0 Å². The van der Waals surface area contributed by atoms with Gasteiger partial charge in [0.2, 0.25) is 0 Å². The van der Waals surface area contributed by atoms with E-state index in [9.17, 15) is 0 Å². The highest BCUT2D eigenvalue weighted by Gasteiger charge is 2.07. The minimum Gasteiger partial charge on any atom is -0.0991 e. The summed E-state index contributed by atoms with van der Waals surface area (Å²) in [5.74, 6) is 0.417. The van der Waals surface area contributed by atoms with Gasteiger partial charge in [-0.05, 0) is 41.3 Å². The number of hydrogen-bond donors (Lipinski definition) is 0. The maximum Gasteiger partial charge on any atom is 0.00608 e. The van der Waals surface area contributed by atoms with Gasteiger partial charge in [0.05, 0.1) is 0 Å². The molecule has 0 nitrogen and oxygen atoms in total. The van der Waals surface area contributed by atoms with Crippen molar-refractivity contribution in [3.8, 4) is 0 Å². The largest absolute Gasteiger partial charge is 0.0991 e. The van der Waals surface area contributed by atoms with Crippen LogP contribution in [0.25, 0.3) is 10.8 Å². The first-order chi connectivity index (χ1) is 16.5. The van der Waals surface area contributed by atoms with Crippen molar-refractivity contribution < 1.29 is 0 Å². The normalized spacial score (nSPS) is 10.8. The van der Waals surface area contributed by atoms with Crippen LogP contribution in [-0.2, 0) is 0 Å². The number of fused-ring (bicyclic) bond motifs is 1. The lowest BCUT2D eigenvalue weighted by atomic mass is 9.92. The van der Waals surface area contributed by atoms with Crippen molar-refractivity contribution in [2.24, 2.45) is 0 Å². The van der Waals surface area contributed by atoms with Gasteiger partial charge < -0.3 is 0 Å². The Morgan fingerprint density at radius 1 is 0.794 bits per heavy atom. The molecule has 186 valence electrons. The number of benzene rings is 3. The number of aryl methyl sites for hydroxylation is 1. The molecule has 3 aromatic carbocycles. The summed E-state index contributed by atoms with van der Waals surface area (Å²) in [6.45, 7) is 22.6. The van der Waals surface area contributed by atoms with Crippen LogP contribution in [0, 0.1) is 6.92 Å². The molecule has 0 spiro atoms. The second kappa shape index (κ2) is 23.3. The van der Waals surface area contributed by atoms with Gasteiger partial charge in [-0.15, -0.1) is 0 Å². The third-order valence-electron chi connectivity index (χ3n) is 4.48. The fourth-order valence-electron chi connectivity index (χ4n) is 2.99. The number of allylic oxidation sites excluding steroid dienone is 5. The lowest BCUT2D eigenvalue weighted by Crippen LogP contribution is -1.95. The lowest BCUT2D eigenvalue weighted by Gasteiger charge is -2.12. The zero-order chi connectivity index (χ0) is 26.2. The van der Waals surface area contributed by atoms with Crippen LogP contribution in [0.4, 0.5) is 0 Å². The summed E-state index contributed by atoms with van der Waals surface area (Å²) in [5, 5.41) is 2.68. The molecule has 0 aromatic heterocycles. The molecule has 0 saturated heterocycles. The summed E-state index contributed by atoms with van der Waals surface area (Å²) in [6.07, 6.45) is 10.6. The Balaban J connectivity index is 0. The average molecular weight is 459 g/mol. The van der Waals surface area contributed by atoms with Gasteiger partial charge in [0, 0.05) is 5.92 Å². The number of rotatable bonds is 4. The van der Waals surface area contributed by atoms with Crippen molar-refractivity contribution in [2.75, 3.05) is 0 Å². The van der Waals surface area contributed by atoms with Crippen molar-refractivity contribution in [1.82, 2.24) is 0 Å². The lowest BCUT2D eigenvalue weighted by molar-refractivity contribution is 0.921. The molecule has 34 heavy (non-hydrogen) atoms. The van der Waals surface area contributed by atoms with Gasteiger partial charge in [-0.2, -0.15) is 0 Å². The van der Waals surface area contributed by atoms with Crippen molar-refractivity contribution in [3.05, 3.63) is 120 Å². The molecule has 0 aliphatic heterocycles. The van der Waals surface area contributed by atoms with E-state index in [2.05, 4.69) is 133 Å². The van der Waals surface area contributed by atoms with Crippen LogP contribution in [0.1, 0.15) is 85.3 Å². The van der Waals surface area contributed by atoms with Gasteiger partial charge in [0.15, 0.2) is 0 Å². The molecule has 0 aliphatic rings. The van der Waals surface area contributed by atoms with Gasteiger partial charge >= 0.3 is 0 Å². The highest BCUT2D eigenvalue weighted by molar-refractivity contribution is 5.85. The van der Waals surface area contributed by atoms with E-state index in [-0.39, 0.29) is 0 Å². The molecule has 0 heterocycles. The Labute approximate surface area is 212 Å². The van der Waals surface area contributed by atoms with E-state index in [1.165, 1.54) is 40.3 Å². The molecule has 1 unspecified atom stereocenters. The predicted octanol–water partition coefficient (Wildman–Crippen LogP) is 11.5. The minimum atomic E-state index is 0.417. The minimum absolute atomic E-state index is 0.417. The third kappa shape index (κ3) is 14.3. The quantitative estimate of drug-likeness (QED) is 0.341. The Bertz CT molecular complexity index is 906. The molecule has 0 N–H and O–H groups in total. The van der Waals surface area contributed by atoms with Gasteiger partial charge in [0.1, 0.15) is 0 Å². The van der Waals surface area contributed by atoms with Crippen LogP contribution in [0.3, 0.4) is 0 Å². The third-order valence-corrected chi connectivity index (χ3v) is 4.48. The summed E-state index contributed by atoms with van der Waals surface area (Å²) < 4.78 is 0. The molecule has 1 atom stereocenters. The van der Waals surface area contributed by atoms with Gasteiger partial charge in [-0.1, -0.05) is 165 Å². The molecule has 3 rings (SSSR count). The van der Waals surface area contributed by atoms with Crippen LogP contribution < -0.4 is 0 Å². The second-order valence-electron chi connectivity index (χ2n) is 7.75. The van der Waals surface area contributed by atoms with Gasteiger partial charge in [-0.25, -0.2) is 0 Å². The van der Waals surface area contributed by atoms with Gasteiger partial charge in [-0.3, -0.25) is 0 Å². The molecular formula is C34H50. The second-order valence-corrected chi connectivity index (χ2v) is 7.75. The van der Waals surface area contributed by atoms with E-state index in [0.29, 0.717) is 5.92 Å². The molecule has 0 amide bonds. The Morgan fingerprint density at radius 2 is 1.29 bits per heavy atom. The summed E-state index contributed by atoms with van der Waals surface area (Å²) in [4.78, 5) is 0. The van der Waals surface area contributed by atoms with Crippen molar-refractivity contribution in [3.63, 3.8) is 0 Å². The van der Waals surface area contributed by atoms with E-state index in [1.807, 2.05) is 32.9 Å². The smallest absolute Gasteiger partial charge is 0.00608 e. The van der Waals surface area contributed by atoms with Crippen molar-refractivity contribution in [2.45, 2.75) is 81.1 Å². The maximum absolute atomic E-state index is 3.75. The molecule has 0 saturated carbocycles. The van der Waals surface area contributed by atoms with Crippen LogP contribution in [0.5, 0.6) is 0 Å². The molecule has 0 heteroatoms. The molecule has 0 bridgehead atoms. The first kappa shape index (κ1) is 33.3. The van der Waals surface area contributed by atoms with Crippen LogP contribution >= 0.6 is 0 Å². The average Bonchev–Trinajstić information content (AvgIpc) is 2.87. The standard InChI is InChI=1S/C15H18.C11H10.2C3H8.C2H6/c1-4-9-14(10-5-2)13(3)15-11-7-6-8-12-15;1-9-5-4-7-10-6-2-3-8-11(9)10;2*1-3-2;1-2/h4-13H,1H2,2-3H3;2-8H,1H3;2*3H2,1-2H3;1-2H3/b10-5-,14-9+;;;;. The SMILES string of the molecule is C=C/C=C(\C=C/C)C(C)c1ccccc1.CC.CCC.CCC.Cc1cccc2ccccc12. The fourth-order valence-corrected chi connectivity index (χ4v) is 2.99. The molecular weight excluding hydrogens is 408 g/mol. The van der Waals surface area contributed by atoms with Crippen LogP contribution in [-0.4, -0.2) is 0 Å². The molecule has 0 radical (unpaired) electrons. The zero-order valence-corrected chi connectivity index (χ0v) is 23.4. The van der Waals surface area contributed by atoms with Crippen molar-refractivity contribution in [1.29, 1.82) is 0 Å². The molecule has 0 aliphatic carbocycles. The first-order valence-electron chi connectivity index (χ1n) is 12.9. The zero-order valence-electron chi connectivity index (χ0n) is 23.4. The summed E-state index contributed by atoms with van der Waals surface area (Å²) in [5.41, 5.74) is 3.98. The monoisotopic (exact) mass is 458 g/mol. The van der Waals surface area contributed by atoms with Gasteiger partial charge in [0.25, 0.3) is 0 Å². The topological polar surface area (TPSA) is 0 Å². The van der Waals surface area contributed by atoms with E-state index < -0.39 is 0 Å². The molecule has 3 aromatic rings. The fraction of sp³-hybridized carbons (Fsp3) is 0.353. The Morgan fingerprint density at radius 3 is 1.79 bits per heavy atom. The van der Waals surface area contributed by atoms with E-state index in [4.69, 9.17) is 0 Å². The van der Waals surface area contributed by atoms with E-state index in [1.54, 1.807) is 0 Å². The summed E-state index contributed by atoms with van der Waals surface area (Å²) in [6, 6.07) is 25.3. The predicted molar refractivity (Wildman–Crippen MR) is 160 cm³/mol. The van der Waals surface area contributed by atoms with Crippen LogP contribution in [0.15, 0.2) is 109 Å². The Kier molecular flexibility index (Phi) is 22.8. The van der Waals surface area contributed by atoms with Crippen molar-refractivity contribution >= 4 is 10.8 Å². The summed E-state index contributed by atoms with van der Waals surface area (Å²) >= 11 is 0. The number of hydrogen-bond acceptors (Lipinski definition) is 0. The summed E-state index contributed by atoms with van der Waals surface area (Å²) in [7, 11) is 0. The van der Waals surface area contributed by atoms with E-state index >= 15 is 0 Å². The first-order valence-corrected chi connectivity index (χ1v) is 12.9. The highest BCUT2D eigenvalue weighted by atomic mass is 14.1. The highest BCUT2D eigenvalue weighted by Crippen LogP contribution is 2.24. The maximum atomic E-state index is 3.75. The Hall–Kier alpha value is -2.86. The van der Waals surface area contributed by atoms with Crippen LogP contribution in [0.2, 0.25) is 0 Å². The molecule has 0 fully saturated rings.